The first-order valence-electron chi connectivity index (χ1n) is 4.03. The van der Waals surface area contributed by atoms with E-state index in [1.165, 1.54) is 0 Å². The highest BCUT2D eigenvalue weighted by atomic mass is 79.9. The van der Waals surface area contributed by atoms with Crippen molar-refractivity contribution in [1.82, 2.24) is 0 Å². The van der Waals surface area contributed by atoms with Gasteiger partial charge < -0.3 is 4.43 Å². The van der Waals surface area contributed by atoms with Crippen LogP contribution in [-0.2, 0) is 0 Å². The molecular formula is C9H12BrClOSi. The standard InChI is InChI=1S/C9H12BrClOSi/c1-13(2,3)12-9-7(10)5-4-6-8(9)11/h4-6H,1-3H3. The molecule has 1 aromatic rings. The van der Waals surface area contributed by atoms with Crippen molar-refractivity contribution in [3.05, 3.63) is 27.7 Å². The molecular weight excluding hydrogens is 268 g/mol. The highest BCUT2D eigenvalue weighted by Gasteiger charge is 2.19. The maximum atomic E-state index is 6.00. The average molecular weight is 280 g/mol. The Bertz CT molecular complexity index is 289. The Hall–Kier alpha value is 0.00688. The minimum Gasteiger partial charge on any atom is -0.543 e. The van der Waals surface area contributed by atoms with E-state index in [2.05, 4.69) is 35.6 Å². The second-order valence-corrected chi connectivity index (χ2v) is 9.46. The third-order valence-electron chi connectivity index (χ3n) is 1.33. The smallest absolute Gasteiger partial charge is 0.242 e. The molecule has 0 aromatic heterocycles. The van der Waals surface area contributed by atoms with Crippen LogP contribution in [0.15, 0.2) is 22.7 Å². The van der Waals surface area contributed by atoms with Gasteiger partial charge in [0.15, 0.2) is 0 Å². The Morgan fingerprint density at radius 3 is 2.38 bits per heavy atom. The molecule has 0 spiro atoms. The maximum absolute atomic E-state index is 6.00. The summed E-state index contributed by atoms with van der Waals surface area (Å²) in [6, 6.07) is 5.66. The van der Waals surface area contributed by atoms with Gasteiger partial charge in [0.2, 0.25) is 8.32 Å². The summed E-state index contributed by atoms with van der Waals surface area (Å²) in [5, 5.41) is 0.664. The Kier molecular flexibility index (Phi) is 3.43. The van der Waals surface area contributed by atoms with Crippen LogP contribution in [0.2, 0.25) is 24.7 Å². The Balaban J connectivity index is 3.00. The van der Waals surface area contributed by atoms with Crippen molar-refractivity contribution in [2.75, 3.05) is 0 Å². The summed E-state index contributed by atoms with van der Waals surface area (Å²) in [5.74, 6) is 0.767. The van der Waals surface area contributed by atoms with E-state index in [4.69, 9.17) is 16.0 Å². The molecule has 0 saturated heterocycles. The fourth-order valence-electron chi connectivity index (χ4n) is 0.886. The number of rotatable bonds is 2. The van der Waals surface area contributed by atoms with Crippen molar-refractivity contribution in [2.45, 2.75) is 19.6 Å². The Morgan fingerprint density at radius 2 is 1.92 bits per heavy atom. The van der Waals surface area contributed by atoms with E-state index in [9.17, 15) is 0 Å². The van der Waals surface area contributed by atoms with E-state index in [0.29, 0.717) is 5.02 Å². The molecule has 0 amide bonds. The summed E-state index contributed by atoms with van der Waals surface area (Å²) in [7, 11) is -1.58. The van der Waals surface area contributed by atoms with Crippen molar-refractivity contribution in [3.63, 3.8) is 0 Å². The van der Waals surface area contributed by atoms with Crippen molar-refractivity contribution in [1.29, 1.82) is 0 Å². The zero-order valence-corrected chi connectivity index (χ0v) is 11.2. The van der Waals surface area contributed by atoms with Gasteiger partial charge in [-0.05, 0) is 47.7 Å². The van der Waals surface area contributed by atoms with Crippen LogP contribution in [0, 0.1) is 0 Å². The molecule has 72 valence electrons. The van der Waals surface area contributed by atoms with Gasteiger partial charge >= 0.3 is 0 Å². The molecule has 1 nitrogen and oxygen atoms in total. The van der Waals surface area contributed by atoms with Gasteiger partial charge in [0.05, 0.1) is 9.50 Å². The fraction of sp³-hybridized carbons (Fsp3) is 0.333. The predicted molar refractivity (Wildman–Crippen MR) is 63.1 cm³/mol. The van der Waals surface area contributed by atoms with Gasteiger partial charge in [-0.1, -0.05) is 17.7 Å². The quantitative estimate of drug-likeness (QED) is 0.733. The molecule has 0 atom stereocenters. The summed E-state index contributed by atoms with van der Waals surface area (Å²) in [6.45, 7) is 6.38. The first kappa shape index (κ1) is 11.1. The van der Waals surface area contributed by atoms with Crippen molar-refractivity contribution in [2.24, 2.45) is 0 Å². The molecule has 0 N–H and O–H groups in total. The summed E-state index contributed by atoms with van der Waals surface area (Å²) in [5.41, 5.74) is 0. The van der Waals surface area contributed by atoms with Gasteiger partial charge in [-0.3, -0.25) is 0 Å². The number of para-hydroxylation sites is 1. The fourth-order valence-corrected chi connectivity index (χ4v) is 2.71. The minimum absolute atomic E-state index is 0.664. The third-order valence-corrected chi connectivity index (χ3v) is 3.07. The monoisotopic (exact) mass is 278 g/mol. The van der Waals surface area contributed by atoms with Crippen LogP contribution < -0.4 is 4.43 Å². The van der Waals surface area contributed by atoms with Crippen LogP contribution in [0.5, 0.6) is 5.75 Å². The molecule has 0 aliphatic heterocycles. The van der Waals surface area contributed by atoms with E-state index >= 15 is 0 Å². The molecule has 0 unspecified atom stereocenters. The lowest BCUT2D eigenvalue weighted by Gasteiger charge is -2.21. The van der Waals surface area contributed by atoms with E-state index < -0.39 is 8.32 Å². The second kappa shape index (κ2) is 4.03. The van der Waals surface area contributed by atoms with E-state index in [0.717, 1.165) is 10.2 Å². The van der Waals surface area contributed by atoms with Gasteiger partial charge in [-0.25, -0.2) is 0 Å². The van der Waals surface area contributed by atoms with Gasteiger partial charge in [-0.15, -0.1) is 0 Å². The van der Waals surface area contributed by atoms with Crippen LogP contribution in [0.4, 0.5) is 0 Å². The molecule has 0 radical (unpaired) electrons. The Labute approximate surface area is 93.3 Å². The van der Waals surface area contributed by atoms with Crippen LogP contribution in [0.3, 0.4) is 0 Å². The molecule has 0 fully saturated rings. The summed E-state index contributed by atoms with van der Waals surface area (Å²) >= 11 is 9.42. The molecule has 0 aliphatic carbocycles. The van der Waals surface area contributed by atoms with Gasteiger partial charge in [0.1, 0.15) is 5.75 Å². The zero-order valence-electron chi connectivity index (χ0n) is 7.90. The SMILES string of the molecule is C[Si](C)(C)Oc1c(Cl)cccc1Br. The number of halogens is 2. The molecule has 1 rings (SSSR count). The maximum Gasteiger partial charge on any atom is 0.242 e. The normalized spacial score (nSPS) is 11.5. The van der Waals surface area contributed by atoms with E-state index in [1.54, 1.807) is 0 Å². The van der Waals surface area contributed by atoms with Crippen LogP contribution in [-0.4, -0.2) is 8.32 Å². The average Bonchev–Trinajstić information content (AvgIpc) is 1.95. The lowest BCUT2D eigenvalue weighted by atomic mass is 10.3. The van der Waals surface area contributed by atoms with Crippen LogP contribution in [0.25, 0.3) is 0 Å². The van der Waals surface area contributed by atoms with Crippen LogP contribution in [0.1, 0.15) is 0 Å². The highest BCUT2D eigenvalue weighted by Crippen LogP contribution is 2.34. The molecule has 4 heteroatoms. The largest absolute Gasteiger partial charge is 0.543 e. The molecule has 0 bridgehead atoms. The second-order valence-electron chi connectivity index (χ2n) is 3.77. The van der Waals surface area contributed by atoms with Crippen LogP contribution >= 0.6 is 27.5 Å². The van der Waals surface area contributed by atoms with E-state index in [1.807, 2.05) is 18.2 Å². The molecule has 0 saturated carbocycles. The topological polar surface area (TPSA) is 9.23 Å². The lowest BCUT2D eigenvalue weighted by Crippen LogP contribution is -2.29. The van der Waals surface area contributed by atoms with Gasteiger partial charge in [0, 0.05) is 0 Å². The predicted octanol–water partition coefficient (Wildman–Crippen LogP) is 4.32. The highest BCUT2D eigenvalue weighted by molar-refractivity contribution is 9.10. The van der Waals surface area contributed by atoms with Crippen molar-refractivity contribution < 1.29 is 4.43 Å². The summed E-state index contributed by atoms with van der Waals surface area (Å²) in [6.07, 6.45) is 0. The van der Waals surface area contributed by atoms with Gasteiger partial charge in [-0.2, -0.15) is 0 Å². The summed E-state index contributed by atoms with van der Waals surface area (Å²) in [4.78, 5) is 0. The third kappa shape index (κ3) is 3.33. The van der Waals surface area contributed by atoms with Crippen molar-refractivity contribution in [3.8, 4) is 5.75 Å². The molecule has 0 aliphatic rings. The molecule has 13 heavy (non-hydrogen) atoms. The zero-order chi connectivity index (χ0) is 10.1. The summed E-state index contributed by atoms with van der Waals surface area (Å²) < 4.78 is 6.74. The van der Waals surface area contributed by atoms with Crippen molar-refractivity contribution >= 4 is 35.8 Å². The number of hydrogen-bond donors (Lipinski definition) is 0. The number of hydrogen-bond acceptors (Lipinski definition) is 1. The Morgan fingerprint density at radius 1 is 1.31 bits per heavy atom. The first-order chi connectivity index (χ1) is 5.90. The van der Waals surface area contributed by atoms with E-state index in [-0.39, 0.29) is 0 Å². The minimum atomic E-state index is -1.58. The first-order valence-corrected chi connectivity index (χ1v) is 8.61. The number of benzene rings is 1. The lowest BCUT2D eigenvalue weighted by molar-refractivity contribution is 0.554. The molecule has 0 heterocycles. The van der Waals surface area contributed by atoms with Gasteiger partial charge in [0.25, 0.3) is 0 Å². The molecule has 1 aromatic carbocycles.